The van der Waals surface area contributed by atoms with Crippen LogP contribution in [0.1, 0.15) is 10.6 Å². The van der Waals surface area contributed by atoms with Crippen molar-refractivity contribution < 1.29 is 13.6 Å². The first kappa shape index (κ1) is 14.9. The highest BCUT2D eigenvalue weighted by Gasteiger charge is 2.30. The number of carbonyl (C=O) groups is 1. The Hall–Kier alpha value is -3.41. The summed E-state index contributed by atoms with van der Waals surface area (Å²) in [5.41, 5.74) is 2.61. The van der Waals surface area contributed by atoms with Gasteiger partial charge in [-0.05, 0) is 48.5 Å². The summed E-state index contributed by atoms with van der Waals surface area (Å²) in [6, 6.07) is 17.2. The van der Waals surface area contributed by atoms with Crippen LogP contribution in [0.25, 0.3) is 22.4 Å². The maximum atomic E-state index is 13.1. The van der Waals surface area contributed by atoms with Gasteiger partial charge in [0.05, 0.1) is 11.0 Å². The normalized spacial score (nSPS) is 13.3. The number of furan rings is 1. The van der Waals surface area contributed by atoms with Gasteiger partial charge in [-0.3, -0.25) is 9.69 Å². The molecule has 2 aromatic carbocycles. The molecule has 0 N–H and O–H groups in total. The Bertz CT molecular complexity index is 1130. The van der Waals surface area contributed by atoms with E-state index in [1.54, 1.807) is 29.2 Å². The van der Waals surface area contributed by atoms with E-state index in [1.165, 1.54) is 12.1 Å². The maximum absolute atomic E-state index is 13.1. The number of fused-ring (bicyclic) bond motifs is 3. The highest BCUT2D eigenvalue weighted by molar-refractivity contribution is 6.05. The summed E-state index contributed by atoms with van der Waals surface area (Å²) in [6.07, 6.45) is 0. The number of hydrogen-bond donors (Lipinski definition) is 0. The second kappa shape index (κ2) is 5.56. The summed E-state index contributed by atoms with van der Waals surface area (Å²) >= 11 is 0. The third-order valence-corrected chi connectivity index (χ3v) is 4.61. The first-order valence-corrected chi connectivity index (χ1v) is 8.33. The Kier molecular flexibility index (Phi) is 3.18. The minimum Gasteiger partial charge on any atom is -0.451 e. The highest BCUT2D eigenvalue weighted by Crippen LogP contribution is 2.29. The second-order valence-electron chi connectivity index (χ2n) is 6.18. The molecule has 0 aliphatic carbocycles. The van der Waals surface area contributed by atoms with Crippen molar-refractivity contribution in [2.24, 2.45) is 0 Å². The molecule has 0 unspecified atom stereocenters. The lowest BCUT2D eigenvalue weighted by atomic mass is 10.2. The Labute approximate surface area is 148 Å². The molecule has 2 aromatic heterocycles. The average Bonchev–Trinajstić information content (AvgIpc) is 3.37. The molecule has 0 spiro atoms. The zero-order chi connectivity index (χ0) is 17.7. The van der Waals surface area contributed by atoms with E-state index in [4.69, 9.17) is 4.42 Å². The van der Waals surface area contributed by atoms with Gasteiger partial charge in [0.15, 0.2) is 5.76 Å². The first-order chi connectivity index (χ1) is 12.7. The maximum Gasteiger partial charge on any atom is 0.296 e. The van der Waals surface area contributed by atoms with Gasteiger partial charge in [0.1, 0.15) is 11.6 Å². The fourth-order valence-electron chi connectivity index (χ4n) is 3.34. The van der Waals surface area contributed by atoms with Crippen LogP contribution in [0.3, 0.4) is 0 Å². The molecule has 4 aromatic rings. The van der Waals surface area contributed by atoms with Gasteiger partial charge in [0.25, 0.3) is 5.91 Å². The van der Waals surface area contributed by atoms with Crippen LogP contribution in [0, 0.1) is 5.82 Å². The Morgan fingerprint density at radius 2 is 1.81 bits per heavy atom. The van der Waals surface area contributed by atoms with Gasteiger partial charge < -0.3 is 8.98 Å². The zero-order valence-electron chi connectivity index (χ0n) is 13.7. The summed E-state index contributed by atoms with van der Waals surface area (Å²) < 4.78 is 20.8. The van der Waals surface area contributed by atoms with Crippen LogP contribution in [-0.4, -0.2) is 22.0 Å². The summed E-state index contributed by atoms with van der Waals surface area (Å²) in [6.45, 7) is 1.26. The minimum absolute atomic E-state index is 0.229. The summed E-state index contributed by atoms with van der Waals surface area (Å²) in [4.78, 5) is 19.1. The zero-order valence-corrected chi connectivity index (χ0v) is 13.7. The molecule has 5 nitrogen and oxygen atoms in total. The van der Waals surface area contributed by atoms with Gasteiger partial charge in [-0.25, -0.2) is 9.37 Å². The molecule has 0 radical (unpaired) electrons. The molecule has 26 heavy (non-hydrogen) atoms. The fourth-order valence-corrected chi connectivity index (χ4v) is 3.34. The average molecular weight is 347 g/mol. The molecule has 0 saturated heterocycles. The van der Waals surface area contributed by atoms with Gasteiger partial charge >= 0.3 is 0 Å². The van der Waals surface area contributed by atoms with Crippen molar-refractivity contribution in [1.82, 2.24) is 9.55 Å². The predicted molar refractivity (Wildman–Crippen MR) is 95.5 cm³/mol. The van der Waals surface area contributed by atoms with Crippen molar-refractivity contribution in [2.45, 2.75) is 6.54 Å². The van der Waals surface area contributed by atoms with Crippen LogP contribution < -0.4 is 4.90 Å². The first-order valence-electron chi connectivity index (χ1n) is 8.33. The molecular weight excluding hydrogens is 333 g/mol. The van der Waals surface area contributed by atoms with E-state index >= 15 is 0 Å². The van der Waals surface area contributed by atoms with Crippen LogP contribution in [0.4, 0.5) is 10.3 Å². The van der Waals surface area contributed by atoms with Crippen LogP contribution in [0.5, 0.6) is 0 Å². The molecule has 6 heteroatoms. The molecule has 5 rings (SSSR count). The molecule has 1 amide bonds. The van der Waals surface area contributed by atoms with Crippen molar-refractivity contribution in [2.75, 3.05) is 11.4 Å². The van der Waals surface area contributed by atoms with E-state index < -0.39 is 0 Å². The number of benzene rings is 2. The van der Waals surface area contributed by atoms with E-state index in [1.807, 2.05) is 28.8 Å². The monoisotopic (exact) mass is 347 g/mol. The quantitative estimate of drug-likeness (QED) is 0.549. The molecule has 1 aliphatic heterocycles. The van der Waals surface area contributed by atoms with Crippen molar-refractivity contribution in [1.29, 1.82) is 0 Å². The third kappa shape index (κ3) is 2.23. The largest absolute Gasteiger partial charge is 0.451 e. The predicted octanol–water partition coefficient (Wildman–Crippen LogP) is 4.10. The number of para-hydroxylation sites is 2. The molecule has 128 valence electrons. The number of nitrogens with zero attached hydrogens (tertiary/aromatic N) is 3. The molecule has 0 saturated carbocycles. The summed E-state index contributed by atoms with van der Waals surface area (Å²) in [7, 11) is 0. The number of rotatable bonds is 2. The third-order valence-electron chi connectivity index (χ3n) is 4.61. The van der Waals surface area contributed by atoms with E-state index in [0.717, 1.165) is 16.6 Å². The lowest BCUT2D eigenvalue weighted by Crippen LogP contribution is -2.29. The van der Waals surface area contributed by atoms with E-state index in [2.05, 4.69) is 4.98 Å². The van der Waals surface area contributed by atoms with Crippen LogP contribution in [0.15, 0.2) is 65.1 Å². The number of carbonyl (C=O) groups excluding carboxylic acids is 1. The van der Waals surface area contributed by atoms with Crippen molar-refractivity contribution in [3.8, 4) is 11.3 Å². The SMILES string of the molecule is O=C(c1ccc(-c2ccc(F)cc2)o1)N1CCn2c1nc1ccccc12. The molecular formula is C20H14FN3O2. The van der Waals surface area contributed by atoms with E-state index in [0.29, 0.717) is 24.8 Å². The number of halogens is 1. The number of hydrogen-bond acceptors (Lipinski definition) is 3. The topological polar surface area (TPSA) is 51.3 Å². The standard InChI is InChI=1S/C20H14FN3O2/c21-14-7-5-13(6-8-14)17-9-10-18(26-17)19(25)24-12-11-23-16-4-2-1-3-15(16)22-20(23)24/h1-10H,11-12H2. The minimum atomic E-state index is -0.312. The van der Waals surface area contributed by atoms with Crippen LogP contribution in [-0.2, 0) is 6.54 Å². The van der Waals surface area contributed by atoms with E-state index in [9.17, 15) is 9.18 Å². The molecule has 0 fully saturated rings. The van der Waals surface area contributed by atoms with Crippen LogP contribution in [0.2, 0.25) is 0 Å². The highest BCUT2D eigenvalue weighted by atomic mass is 19.1. The lowest BCUT2D eigenvalue weighted by Gasteiger charge is -2.11. The smallest absolute Gasteiger partial charge is 0.296 e. The number of anilines is 1. The molecule has 1 aliphatic rings. The summed E-state index contributed by atoms with van der Waals surface area (Å²) in [5, 5.41) is 0. The molecule has 3 heterocycles. The van der Waals surface area contributed by atoms with Crippen molar-refractivity contribution in [3.05, 3.63) is 72.2 Å². The van der Waals surface area contributed by atoms with Gasteiger partial charge in [0.2, 0.25) is 5.95 Å². The fraction of sp³-hybridized carbons (Fsp3) is 0.100. The van der Waals surface area contributed by atoms with Crippen molar-refractivity contribution >= 4 is 22.9 Å². The van der Waals surface area contributed by atoms with Gasteiger partial charge in [-0.15, -0.1) is 0 Å². The Morgan fingerprint density at radius 3 is 2.65 bits per heavy atom. The van der Waals surface area contributed by atoms with Gasteiger partial charge in [-0.2, -0.15) is 0 Å². The number of amides is 1. The van der Waals surface area contributed by atoms with Crippen LogP contribution >= 0.6 is 0 Å². The second-order valence-corrected chi connectivity index (χ2v) is 6.18. The Morgan fingerprint density at radius 1 is 1.00 bits per heavy atom. The number of imidazole rings is 1. The Balaban J connectivity index is 1.48. The lowest BCUT2D eigenvalue weighted by molar-refractivity contribution is 0.0963. The van der Waals surface area contributed by atoms with Gasteiger partial charge in [-0.1, -0.05) is 12.1 Å². The number of aromatic nitrogens is 2. The molecule has 0 atom stereocenters. The van der Waals surface area contributed by atoms with Crippen molar-refractivity contribution in [3.63, 3.8) is 0 Å². The summed E-state index contributed by atoms with van der Waals surface area (Å²) in [5.74, 6) is 0.863. The van der Waals surface area contributed by atoms with E-state index in [-0.39, 0.29) is 17.5 Å². The van der Waals surface area contributed by atoms with Gasteiger partial charge in [0, 0.05) is 18.7 Å². The molecule has 0 bridgehead atoms.